The van der Waals surface area contributed by atoms with Gasteiger partial charge in [-0.25, -0.2) is 0 Å². The van der Waals surface area contributed by atoms with Crippen LogP contribution in [0, 0.1) is 0 Å². The van der Waals surface area contributed by atoms with E-state index in [0.717, 1.165) is 25.8 Å². The van der Waals surface area contributed by atoms with E-state index in [4.69, 9.17) is 0 Å². The minimum atomic E-state index is -0.313. The van der Waals surface area contributed by atoms with E-state index in [2.05, 4.69) is 6.92 Å². The number of amides is 2. The summed E-state index contributed by atoms with van der Waals surface area (Å²) >= 11 is 0. The molecule has 0 bridgehead atoms. The lowest BCUT2D eigenvalue weighted by Crippen LogP contribution is -2.66. The lowest BCUT2D eigenvalue weighted by molar-refractivity contribution is -0.165. The summed E-state index contributed by atoms with van der Waals surface area (Å²) in [5, 5.41) is 0. The Kier molecular flexibility index (Phi) is 2.92. The van der Waals surface area contributed by atoms with Gasteiger partial charge in [-0.05, 0) is 40.0 Å². The summed E-state index contributed by atoms with van der Waals surface area (Å²) in [5.74, 6) is 0.259. The van der Waals surface area contributed by atoms with E-state index in [1.54, 1.807) is 4.90 Å². The van der Waals surface area contributed by atoms with Crippen LogP contribution in [0.5, 0.6) is 0 Å². The van der Waals surface area contributed by atoms with Crippen LogP contribution in [0.4, 0.5) is 0 Å². The number of nitrogens with zero attached hydrogens (tertiary/aromatic N) is 2. The van der Waals surface area contributed by atoms with E-state index < -0.39 is 0 Å². The number of rotatable bonds is 2. The minimum Gasteiger partial charge on any atom is -0.329 e. The Morgan fingerprint density at radius 3 is 2.53 bits per heavy atom. The largest absolute Gasteiger partial charge is 0.329 e. The van der Waals surface area contributed by atoms with Gasteiger partial charge in [0.1, 0.15) is 12.1 Å². The fraction of sp³-hybridized carbons (Fsp3) is 0.846. The van der Waals surface area contributed by atoms with Gasteiger partial charge >= 0.3 is 0 Å². The Morgan fingerprint density at radius 2 is 1.94 bits per heavy atom. The number of carbonyl (C=O) groups is 2. The first-order chi connectivity index (χ1) is 7.90. The zero-order valence-corrected chi connectivity index (χ0v) is 11.2. The lowest BCUT2D eigenvalue weighted by atomic mass is 9.93. The highest BCUT2D eigenvalue weighted by Gasteiger charge is 2.49. The van der Waals surface area contributed by atoms with E-state index >= 15 is 0 Å². The molecule has 0 aromatic rings. The predicted molar refractivity (Wildman–Crippen MR) is 65.4 cm³/mol. The summed E-state index contributed by atoms with van der Waals surface area (Å²) in [6.45, 7) is 8.75. The van der Waals surface area contributed by atoms with Crippen LogP contribution >= 0.6 is 0 Å². The van der Waals surface area contributed by atoms with Crippen molar-refractivity contribution in [3.05, 3.63) is 0 Å². The van der Waals surface area contributed by atoms with E-state index in [0.29, 0.717) is 0 Å². The highest BCUT2D eigenvalue weighted by atomic mass is 16.2. The Labute approximate surface area is 103 Å². The zero-order chi connectivity index (χ0) is 12.8. The molecule has 2 aliphatic heterocycles. The second-order valence-electron chi connectivity index (χ2n) is 5.74. The minimum absolute atomic E-state index is 0.119. The number of hydrogen-bond acceptors (Lipinski definition) is 2. The number of hydrogen-bond donors (Lipinski definition) is 0. The summed E-state index contributed by atoms with van der Waals surface area (Å²) < 4.78 is 0. The molecule has 2 fully saturated rings. The van der Waals surface area contributed by atoms with Gasteiger partial charge in [-0.2, -0.15) is 0 Å². The molecule has 2 amide bonds. The molecule has 0 radical (unpaired) electrons. The Balaban J connectivity index is 2.34. The van der Waals surface area contributed by atoms with Crippen LogP contribution in [-0.2, 0) is 9.59 Å². The average Bonchev–Trinajstić information content (AvgIpc) is 2.75. The molecule has 4 nitrogen and oxygen atoms in total. The molecule has 4 heteroatoms. The van der Waals surface area contributed by atoms with Gasteiger partial charge in [-0.3, -0.25) is 9.59 Å². The second-order valence-corrected chi connectivity index (χ2v) is 5.74. The fourth-order valence-electron chi connectivity index (χ4n) is 2.98. The molecule has 17 heavy (non-hydrogen) atoms. The van der Waals surface area contributed by atoms with Crippen molar-refractivity contribution in [3.63, 3.8) is 0 Å². The van der Waals surface area contributed by atoms with Crippen molar-refractivity contribution in [2.24, 2.45) is 0 Å². The maximum Gasteiger partial charge on any atom is 0.246 e. The van der Waals surface area contributed by atoms with Crippen LogP contribution in [0.3, 0.4) is 0 Å². The molecule has 0 saturated carbocycles. The standard InChI is InChI=1S/C13H22N2O2/c1-5-13(3,4)15-9(2)11(16)14-8-6-7-10(14)12(15)17/h9-10H,5-8H2,1-4H3. The fourth-order valence-corrected chi connectivity index (χ4v) is 2.98. The van der Waals surface area contributed by atoms with Gasteiger partial charge in [0, 0.05) is 12.1 Å². The highest BCUT2D eigenvalue weighted by Crippen LogP contribution is 2.32. The number of carbonyl (C=O) groups excluding carboxylic acids is 2. The van der Waals surface area contributed by atoms with E-state index in [9.17, 15) is 9.59 Å². The zero-order valence-electron chi connectivity index (χ0n) is 11.2. The third-order valence-electron chi connectivity index (χ3n) is 4.32. The van der Waals surface area contributed by atoms with Gasteiger partial charge in [0.05, 0.1) is 0 Å². The van der Waals surface area contributed by atoms with E-state index in [1.165, 1.54) is 0 Å². The average molecular weight is 238 g/mol. The predicted octanol–water partition coefficient (Wildman–Crippen LogP) is 1.40. The monoisotopic (exact) mass is 238 g/mol. The molecule has 2 atom stereocenters. The van der Waals surface area contributed by atoms with Gasteiger partial charge in [0.25, 0.3) is 0 Å². The van der Waals surface area contributed by atoms with Crippen molar-refractivity contribution in [1.82, 2.24) is 9.80 Å². The van der Waals surface area contributed by atoms with Crippen LogP contribution in [0.15, 0.2) is 0 Å². The van der Waals surface area contributed by atoms with Crippen LogP contribution in [0.2, 0.25) is 0 Å². The third kappa shape index (κ3) is 1.74. The van der Waals surface area contributed by atoms with Gasteiger partial charge in [-0.1, -0.05) is 6.92 Å². The maximum atomic E-state index is 12.5. The summed E-state index contributed by atoms with van der Waals surface area (Å²) in [6.07, 6.45) is 2.64. The Hall–Kier alpha value is -1.06. The Morgan fingerprint density at radius 1 is 1.29 bits per heavy atom. The van der Waals surface area contributed by atoms with Crippen molar-refractivity contribution in [1.29, 1.82) is 0 Å². The molecule has 2 rings (SSSR count). The van der Waals surface area contributed by atoms with Crippen LogP contribution in [0.1, 0.15) is 47.0 Å². The Bertz CT molecular complexity index is 351. The first-order valence-corrected chi connectivity index (χ1v) is 6.54. The van der Waals surface area contributed by atoms with Crippen molar-refractivity contribution in [2.45, 2.75) is 64.6 Å². The highest BCUT2D eigenvalue weighted by molar-refractivity contribution is 5.97. The molecule has 0 aromatic heterocycles. The van der Waals surface area contributed by atoms with Crippen molar-refractivity contribution < 1.29 is 9.59 Å². The summed E-state index contributed by atoms with van der Waals surface area (Å²) in [6, 6.07) is -0.503. The molecule has 96 valence electrons. The molecule has 0 aromatic carbocycles. The normalized spacial score (nSPS) is 29.9. The summed E-state index contributed by atoms with van der Waals surface area (Å²) in [5.41, 5.74) is -0.235. The van der Waals surface area contributed by atoms with Gasteiger partial charge < -0.3 is 9.80 Å². The van der Waals surface area contributed by atoms with Crippen molar-refractivity contribution in [3.8, 4) is 0 Å². The van der Waals surface area contributed by atoms with Gasteiger partial charge in [0.2, 0.25) is 11.8 Å². The second kappa shape index (κ2) is 4.00. The molecule has 2 saturated heterocycles. The number of piperazine rings is 1. The first kappa shape index (κ1) is 12.4. The molecular weight excluding hydrogens is 216 g/mol. The van der Waals surface area contributed by atoms with Crippen molar-refractivity contribution >= 4 is 11.8 Å². The molecule has 2 unspecified atom stereocenters. The number of fused-ring (bicyclic) bond motifs is 1. The van der Waals surface area contributed by atoms with E-state index in [-0.39, 0.29) is 29.4 Å². The van der Waals surface area contributed by atoms with Crippen LogP contribution < -0.4 is 0 Å². The quantitative estimate of drug-likeness (QED) is 0.729. The molecule has 0 aliphatic carbocycles. The van der Waals surface area contributed by atoms with Crippen LogP contribution in [0.25, 0.3) is 0 Å². The smallest absolute Gasteiger partial charge is 0.246 e. The van der Waals surface area contributed by atoms with Crippen molar-refractivity contribution in [2.75, 3.05) is 6.54 Å². The molecular formula is C13H22N2O2. The van der Waals surface area contributed by atoms with Crippen LogP contribution in [-0.4, -0.2) is 45.8 Å². The SMILES string of the molecule is CCC(C)(C)N1C(=O)C2CCCN2C(=O)C1C. The van der Waals surface area contributed by atoms with E-state index in [1.807, 2.05) is 25.7 Å². The van der Waals surface area contributed by atoms with Gasteiger partial charge in [-0.15, -0.1) is 0 Å². The lowest BCUT2D eigenvalue weighted by Gasteiger charge is -2.48. The topological polar surface area (TPSA) is 40.6 Å². The van der Waals surface area contributed by atoms with Gasteiger partial charge in [0.15, 0.2) is 0 Å². The summed E-state index contributed by atoms with van der Waals surface area (Å²) in [4.78, 5) is 28.3. The molecule has 2 aliphatic rings. The molecule has 2 heterocycles. The molecule has 0 spiro atoms. The summed E-state index contributed by atoms with van der Waals surface area (Å²) in [7, 11) is 0. The molecule has 0 N–H and O–H groups in total. The maximum absolute atomic E-state index is 12.5. The first-order valence-electron chi connectivity index (χ1n) is 6.54. The third-order valence-corrected chi connectivity index (χ3v) is 4.32.